The lowest BCUT2D eigenvalue weighted by molar-refractivity contribution is -0.153. The molecule has 1 unspecified atom stereocenters. The molecule has 0 aliphatic heterocycles. The quantitative estimate of drug-likeness (QED) is 0.259. The van der Waals surface area contributed by atoms with Crippen LogP contribution in [-0.4, -0.2) is 38.8 Å². The number of unbranched alkanes of at least 4 members (excludes halogenated alkanes) is 5. The summed E-state index contributed by atoms with van der Waals surface area (Å²) in [5, 5.41) is 20.3. The Bertz CT molecular complexity index is 1100. The van der Waals surface area contributed by atoms with Crippen LogP contribution in [0.5, 0.6) is 0 Å². The van der Waals surface area contributed by atoms with Crippen LogP contribution in [0, 0.1) is 0 Å². The maximum Gasteiger partial charge on any atom is 0.335 e. The molecule has 0 saturated carbocycles. The molecule has 0 aliphatic rings. The van der Waals surface area contributed by atoms with E-state index >= 15 is 0 Å². The number of nitrogens with zero attached hydrogens (tertiary/aromatic N) is 3. The third-order valence-electron chi connectivity index (χ3n) is 5.86. The van der Waals surface area contributed by atoms with E-state index in [1.165, 1.54) is 19.3 Å². The van der Waals surface area contributed by atoms with E-state index in [1.807, 2.05) is 24.3 Å². The molecule has 2 aromatic carbocycles. The summed E-state index contributed by atoms with van der Waals surface area (Å²) in [6.07, 6.45) is 5.63. The number of benzene rings is 2. The van der Waals surface area contributed by atoms with Crippen molar-refractivity contribution >= 4 is 28.6 Å². The normalized spacial score (nSPS) is 12.8. The summed E-state index contributed by atoms with van der Waals surface area (Å²) in [7, 11) is 0. The zero-order valence-corrected chi connectivity index (χ0v) is 21.4. The van der Waals surface area contributed by atoms with Crippen molar-refractivity contribution in [3.8, 4) is 5.69 Å². The highest BCUT2D eigenvalue weighted by atomic mass is 35.5. The molecule has 7 heteroatoms. The molecule has 0 amide bonds. The first-order valence-electron chi connectivity index (χ1n) is 12.2. The van der Waals surface area contributed by atoms with Gasteiger partial charge in [-0.15, -0.1) is 10.2 Å². The molecule has 0 saturated heterocycles. The van der Waals surface area contributed by atoms with E-state index in [9.17, 15) is 9.90 Å². The van der Waals surface area contributed by atoms with Gasteiger partial charge in [0.2, 0.25) is 0 Å². The fourth-order valence-corrected chi connectivity index (χ4v) is 3.97. The Balaban J connectivity index is 1.71. The number of carbonyl (C=O) groups excluding carboxylic acids is 1. The average Bonchev–Trinajstić information content (AvgIpc) is 3.20. The van der Waals surface area contributed by atoms with E-state index in [0.717, 1.165) is 41.6 Å². The summed E-state index contributed by atoms with van der Waals surface area (Å²) >= 11 is 6.10. The van der Waals surface area contributed by atoms with Crippen LogP contribution in [0.1, 0.15) is 77.3 Å². The molecule has 34 heavy (non-hydrogen) atoms. The van der Waals surface area contributed by atoms with Crippen molar-refractivity contribution in [1.29, 1.82) is 0 Å². The molecule has 1 aromatic heterocycles. The Hall–Kier alpha value is -2.44. The Morgan fingerprint density at radius 3 is 2.47 bits per heavy atom. The van der Waals surface area contributed by atoms with Gasteiger partial charge in [-0.3, -0.25) is 0 Å². The van der Waals surface area contributed by atoms with Crippen LogP contribution in [0.2, 0.25) is 5.02 Å². The summed E-state index contributed by atoms with van der Waals surface area (Å²) in [6.45, 7) is 8.89. The molecule has 0 spiro atoms. The largest absolute Gasteiger partial charge is 0.464 e. The fourth-order valence-electron chi connectivity index (χ4n) is 3.80. The van der Waals surface area contributed by atoms with Crippen molar-refractivity contribution in [2.24, 2.45) is 0 Å². The fraction of sp³-hybridized carbons (Fsp3) is 0.519. The van der Waals surface area contributed by atoms with E-state index in [-0.39, 0.29) is 11.8 Å². The number of aliphatic hydroxyl groups is 1. The lowest BCUT2D eigenvalue weighted by Gasteiger charge is -2.21. The van der Waals surface area contributed by atoms with Gasteiger partial charge in [0, 0.05) is 11.4 Å². The van der Waals surface area contributed by atoms with Crippen LogP contribution in [-0.2, 0) is 21.4 Å². The van der Waals surface area contributed by atoms with Gasteiger partial charge >= 0.3 is 5.97 Å². The first kappa shape index (κ1) is 26.2. The van der Waals surface area contributed by atoms with Gasteiger partial charge in [-0.05, 0) is 53.3 Å². The lowest BCUT2D eigenvalue weighted by atomic mass is 9.85. The van der Waals surface area contributed by atoms with Crippen LogP contribution in [0.15, 0.2) is 36.4 Å². The number of halogens is 1. The molecule has 1 N–H and O–H groups in total. The summed E-state index contributed by atoms with van der Waals surface area (Å²) < 4.78 is 5.31. The van der Waals surface area contributed by atoms with Gasteiger partial charge < -0.3 is 9.84 Å². The maximum absolute atomic E-state index is 12.4. The maximum atomic E-state index is 12.4. The van der Waals surface area contributed by atoms with E-state index in [2.05, 4.69) is 37.9 Å². The smallest absolute Gasteiger partial charge is 0.335 e. The molecule has 0 aliphatic carbocycles. The van der Waals surface area contributed by atoms with Gasteiger partial charge in [0.25, 0.3) is 0 Å². The summed E-state index contributed by atoms with van der Waals surface area (Å²) in [5.41, 5.74) is 3.96. The number of rotatable bonds is 11. The number of hydrogen-bond acceptors (Lipinski definition) is 5. The van der Waals surface area contributed by atoms with Gasteiger partial charge in [0.1, 0.15) is 11.0 Å². The highest BCUT2D eigenvalue weighted by Gasteiger charge is 2.21. The number of aliphatic hydroxyl groups excluding tert-OH is 1. The highest BCUT2D eigenvalue weighted by molar-refractivity contribution is 6.31. The number of carbonyl (C=O) groups is 1. The van der Waals surface area contributed by atoms with Gasteiger partial charge in [0.05, 0.1) is 12.3 Å². The van der Waals surface area contributed by atoms with Crippen molar-refractivity contribution in [1.82, 2.24) is 15.0 Å². The van der Waals surface area contributed by atoms with Crippen LogP contribution in [0.25, 0.3) is 16.7 Å². The van der Waals surface area contributed by atoms with E-state index in [0.29, 0.717) is 17.1 Å². The van der Waals surface area contributed by atoms with Crippen molar-refractivity contribution in [2.75, 3.05) is 6.61 Å². The predicted octanol–water partition coefficient (Wildman–Crippen LogP) is 6.18. The molecule has 3 aromatic rings. The molecule has 3 rings (SSSR count). The number of ether oxygens (including phenoxy) is 1. The predicted molar refractivity (Wildman–Crippen MR) is 137 cm³/mol. The van der Waals surface area contributed by atoms with Gasteiger partial charge in [-0.2, -0.15) is 4.80 Å². The van der Waals surface area contributed by atoms with Crippen molar-refractivity contribution < 1.29 is 14.6 Å². The number of hydrogen-bond donors (Lipinski definition) is 1. The Kier molecular flexibility index (Phi) is 9.09. The minimum absolute atomic E-state index is 0.135. The van der Waals surface area contributed by atoms with Crippen molar-refractivity contribution in [3.05, 3.63) is 52.5 Å². The minimum Gasteiger partial charge on any atom is -0.464 e. The van der Waals surface area contributed by atoms with Gasteiger partial charge in [-0.25, -0.2) is 4.79 Å². The third-order valence-corrected chi connectivity index (χ3v) is 6.10. The van der Waals surface area contributed by atoms with Crippen LogP contribution in [0.4, 0.5) is 0 Å². The summed E-state index contributed by atoms with van der Waals surface area (Å²) in [5.74, 6) is -0.575. The first-order chi connectivity index (χ1) is 16.2. The molecular formula is C27H36ClN3O3. The van der Waals surface area contributed by atoms with E-state index < -0.39 is 12.1 Å². The molecule has 6 nitrogen and oxygen atoms in total. The third kappa shape index (κ3) is 7.28. The molecule has 0 fully saturated rings. The van der Waals surface area contributed by atoms with Crippen molar-refractivity contribution in [2.45, 2.75) is 84.2 Å². The highest BCUT2D eigenvalue weighted by Crippen LogP contribution is 2.27. The zero-order chi connectivity index (χ0) is 24.7. The topological polar surface area (TPSA) is 77.2 Å². The number of aromatic nitrogens is 3. The van der Waals surface area contributed by atoms with Crippen LogP contribution in [0.3, 0.4) is 0 Å². The molecule has 0 bridgehead atoms. The molecular weight excluding hydrogens is 450 g/mol. The Morgan fingerprint density at radius 2 is 1.74 bits per heavy atom. The second kappa shape index (κ2) is 11.8. The standard InChI is InChI=1S/C27H36ClN3O3/c1-5-6-7-8-9-10-13-34-26(33)25(32)16-19-14-20(27(2,3)4)17-22(15-19)31-29-23-12-11-21(28)18-24(23)30-31/h11-12,14-15,17-18,25,32H,5-10,13,16H2,1-4H3. The zero-order valence-electron chi connectivity index (χ0n) is 20.7. The number of esters is 1. The number of fused-ring (bicyclic) bond motifs is 1. The van der Waals surface area contributed by atoms with E-state index in [1.54, 1.807) is 16.9 Å². The average molecular weight is 486 g/mol. The van der Waals surface area contributed by atoms with Crippen LogP contribution < -0.4 is 0 Å². The second-order valence-corrected chi connectivity index (χ2v) is 10.4. The Labute approximate surface area is 207 Å². The SMILES string of the molecule is CCCCCCCCOC(=O)C(O)Cc1cc(-n2nc3ccc(Cl)cc3n2)cc(C(C)(C)C)c1. The first-order valence-corrected chi connectivity index (χ1v) is 12.6. The molecule has 1 atom stereocenters. The Morgan fingerprint density at radius 1 is 1.03 bits per heavy atom. The molecule has 0 radical (unpaired) electrons. The van der Waals surface area contributed by atoms with Crippen LogP contribution >= 0.6 is 11.6 Å². The monoisotopic (exact) mass is 485 g/mol. The summed E-state index contributed by atoms with van der Waals surface area (Å²) in [4.78, 5) is 13.9. The van der Waals surface area contributed by atoms with Gasteiger partial charge in [-0.1, -0.05) is 77.5 Å². The van der Waals surface area contributed by atoms with E-state index in [4.69, 9.17) is 16.3 Å². The van der Waals surface area contributed by atoms with Gasteiger partial charge in [0.15, 0.2) is 6.10 Å². The second-order valence-electron chi connectivity index (χ2n) is 9.92. The van der Waals surface area contributed by atoms with Crippen molar-refractivity contribution in [3.63, 3.8) is 0 Å². The minimum atomic E-state index is -1.22. The summed E-state index contributed by atoms with van der Waals surface area (Å²) in [6, 6.07) is 11.4. The molecule has 184 valence electrons. The molecule has 1 heterocycles. The lowest BCUT2D eigenvalue weighted by Crippen LogP contribution is -2.26.